The standard InChI is InChI=1S/C20H33N3O10S/c1-18(2,15(25)26)9-20(5,10-19(3,4)16(27)28)11-32-34(30,31)33-23-12-6-7-13(14(21)24)22(8-12)17(23)29/h12-13H,6-11H2,1-5H3,(H2,21,24)(H,25,26)(H,27,28)/t12-,13+/m1/s1. The first-order valence-corrected chi connectivity index (χ1v) is 12.1. The number of nitrogens with two attached hydrogens (primary N) is 1. The summed E-state index contributed by atoms with van der Waals surface area (Å²) in [7, 11) is -4.79. The van der Waals surface area contributed by atoms with Gasteiger partial charge in [-0.15, -0.1) is 4.28 Å². The van der Waals surface area contributed by atoms with Crippen LogP contribution in [0.4, 0.5) is 4.79 Å². The van der Waals surface area contributed by atoms with E-state index in [2.05, 4.69) is 0 Å². The highest BCUT2D eigenvalue weighted by atomic mass is 32.3. The van der Waals surface area contributed by atoms with Crippen molar-refractivity contribution in [1.82, 2.24) is 9.96 Å². The molecule has 2 aliphatic heterocycles. The smallest absolute Gasteiger partial charge is 0.421 e. The Bertz CT molecular complexity index is 934. The quantitative estimate of drug-likeness (QED) is 0.342. The van der Waals surface area contributed by atoms with Crippen molar-refractivity contribution < 1.29 is 46.3 Å². The Kier molecular flexibility index (Phi) is 7.60. The zero-order valence-corrected chi connectivity index (χ0v) is 20.8. The molecule has 34 heavy (non-hydrogen) atoms. The first-order chi connectivity index (χ1) is 15.3. The molecule has 0 spiro atoms. The lowest BCUT2D eigenvalue weighted by Gasteiger charge is -2.39. The maximum Gasteiger partial charge on any atom is 0.421 e. The number of hydrogen-bond acceptors (Lipinski definition) is 8. The van der Waals surface area contributed by atoms with E-state index in [1.54, 1.807) is 0 Å². The maximum absolute atomic E-state index is 12.6. The molecule has 0 radical (unpaired) electrons. The second kappa shape index (κ2) is 9.30. The average molecular weight is 508 g/mol. The van der Waals surface area contributed by atoms with Crippen LogP contribution >= 0.6 is 0 Å². The van der Waals surface area contributed by atoms with Crippen LogP contribution in [0.25, 0.3) is 0 Å². The molecule has 2 rings (SSSR count). The molecule has 13 nitrogen and oxygen atoms in total. The predicted octanol–water partition coefficient (Wildman–Crippen LogP) is 0.941. The number of carboxylic acid groups (broad SMARTS) is 2. The van der Waals surface area contributed by atoms with Crippen LogP contribution in [0, 0.1) is 16.2 Å². The van der Waals surface area contributed by atoms with Crippen molar-refractivity contribution in [3.05, 3.63) is 0 Å². The largest absolute Gasteiger partial charge is 0.481 e. The molecule has 0 unspecified atom stereocenters. The predicted molar refractivity (Wildman–Crippen MR) is 116 cm³/mol. The van der Waals surface area contributed by atoms with E-state index >= 15 is 0 Å². The van der Waals surface area contributed by atoms with Crippen LogP contribution in [0.5, 0.6) is 0 Å². The summed E-state index contributed by atoms with van der Waals surface area (Å²) in [6.45, 7) is 6.80. The van der Waals surface area contributed by atoms with Crippen LogP contribution in [0.1, 0.15) is 60.3 Å². The van der Waals surface area contributed by atoms with Crippen LogP contribution in [0.15, 0.2) is 0 Å². The van der Waals surface area contributed by atoms with Gasteiger partial charge in [-0.3, -0.25) is 14.4 Å². The molecule has 2 saturated heterocycles. The van der Waals surface area contributed by atoms with Gasteiger partial charge in [0.25, 0.3) is 0 Å². The Balaban J connectivity index is 2.18. The zero-order valence-electron chi connectivity index (χ0n) is 19.9. The summed E-state index contributed by atoms with van der Waals surface area (Å²) in [6.07, 6.45) is 0.365. The highest BCUT2D eigenvalue weighted by Gasteiger charge is 2.50. The molecular formula is C20H33N3O10S. The number of carboxylic acids is 2. The first-order valence-electron chi connectivity index (χ1n) is 10.8. The molecule has 3 amide bonds. The van der Waals surface area contributed by atoms with E-state index < -0.39 is 69.2 Å². The third kappa shape index (κ3) is 6.16. The summed E-state index contributed by atoms with van der Waals surface area (Å²) in [5.74, 6) is -2.98. The fourth-order valence-corrected chi connectivity index (χ4v) is 5.66. The first kappa shape index (κ1) is 27.8. The summed E-state index contributed by atoms with van der Waals surface area (Å²) in [5.41, 5.74) is 1.49. The third-order valence-electron chi connectivity index (χ3n) is 6.27. The van der Waals surface area contributed by atoms with Crippen molar-refractivity contribution in [1.29, 1.82) is 0 Å². The number of primary amides is 1. The second-order valence-electron chi connectivity index (χ2n) is 10.7. The SMILES string of the molecule is CC(COS(=O)(=O)ON1C(=O)N2C[C@H]1CC[C@H]2C(N)=O)(CC(C)(C)C(=O)O)CC(C)(C)C(=O)O. The summed E-state index contributed by atoms with van der Waals surface area (Å²) in [5, 5.41) is 19.7. The van der Waals surface area contributed by atoms with Gasteiger partial charge in [0.2, 0.25) is 5.91 Å². The summed E-state index contributed by atoms with van der Waals surface area (Å²) in [4.78, 5) is 48.6. The van der Waals surface area contributed by atoms with Gasteiger partial charge in [-0.1, -0.05) is 6.92 Å². The highest BCUT2D eigenvalue weighted by Crippen LogP contribution is 2.43. The van der Waals surface area contributed by atoms with Gasteiger partial charge in [-0.2, -0.15) is 13.5 Å². The van der Waals surface area contributed by atoms with Gasteiger partial charge in [-0.05, 0) is 58.8 Å². The molecule has 0 aromatic heterocycles. The molecule has 0 saturated carbocycles. The number of amides is 3. The van der Waals surface area contributed by atoms with Crippen molar-refractivity contribution in [2.24, 2.45) is 22.0 Å². The van der Waals surface area contributed by atoms with Crippen LogP contribution in [0.3, 0.4) is 0 Å². The zero-order chi connectivity index (χ0) is 26.3. The third-order valence-corrected chi connectivity index (χ3v) is 7.02. The molecule has 0 aliphatic carbocycles. The average Bonchev–Trinajstić information content (AvgIpc) is 2.89. The number of hydrogen-bond donors (Lipinski definition) is 3. The van der Waals surface area contributed by atoms with E-state index in [1.807, 2.05) is 0 Å². The Morgan fingerprint density at radius 3 is 1.97 bits per heavy atom. The number of nitrogens with zero attached hydrogens (tertiary/aromatic N) is 2. The monoisotopic (exact) mass is 507 g/mol. The molecule has 2 fully saturated rings. The van der Waals surface area contributed by atoms with Crippen LogP contribution in [-0.4, -0.2) is 77.7 Å². The summed E-state index contributed by atoms with van der Waals surface area (Å²) >= 11 is 0. The van der Waals surface area contributed by atoms with Crippen LogP contribution < -0.4 is 5.73 Å². The van der Waals surface area contributed by atoms with Crippen molar-refractivity contribution in [3.63, 3.8) is 0 Å². The second-order valence-corrected chi connectivity index (χ2v) is 11.9. The maximum atomic E-state index is 12.6. The molecule has 2 atom stereocenters. The lowest BCUT2D eigenvalue weighted by Crippen LogP contribution is -2.47. The molecule has 14 heteroatoms. The minimum absolute atomic E-state index is 0.0687. The number of hydroxylamine groups is 2. The Hall–Kier alpha value is -2.45. The minimum Gasteiger partial charge on any atom is -0.481 e. The number of piperidine rings is 1. The van der Waals surface area contributed by atoms with E-state index in [1.165, 1.54) is 34.6 Å². The lowest BCUT2D eigenvalue weighted by atomic mass is 9.67. The highest BCUT2D eigenvalue weighted by molar-refractivity contribution is 7.81. The van der Waals surface area contributed by atoms with Gasteiger partial charge >= 0.3 is 28.4 Å². The van der Waals surface area contributed by atoms with Gasteiger partial charge < -0.3 is 20.8 Å². The minimum atomic E-state index is -4.79. The Labute approximate surface area is 198 Å². The topological polar surface area (TPSA) is 194 Å². The fourth-order valence-electron chi connectivity index (χ4n) is 4.81. The molecule has 0 aromatic carbocycles. The van der Waals surface area contributed by atoms with Gasteiger partial charge in [0.05, 0.1) is 23.5 Å². The number of carbonyl (C=O) groups is 4. The van der Waals surface area contributed by atoms with E-state index in [9.17, 15) is 37.8 Å². The number of rotatable bonds is 12. The van der Waals surface area contributed by atoms with E-state index in [0.29, 0.717) is 11.5 Å². The molecule has 4 N–H and O–H groups in total. The van der Waals surface area contributed by atoms with E-state index in [4.69, 9.17) is 14.2 Å². The van der Waals surface area contributed by atoms with Gasteiger partial charge in [0.1, 0.15) is 6.04 Å². The summed E-state index contributed by atoms with van der Waals surface area (Å²) < 4.78 is 35.2. The number of carbonyl (C=O) groups excluding carboxylic acids is 2. The van der Waals surface area contributed by atoms with Gasteiger partial charge in [0.15, 0.2) is 0 Å². The van der Waals surface area contributed by atoms with Crippen molar-refractivity contribution in [2.75, 3.05) is 13.2 Å². The normalized spacial score (nSPS) is 21.6. The van der Waals surface area contributed by atoms with Crippen LogP contribution in [-0.2, 0) is 33.2 Å². The van der Waals surface area contributed by atoms with Crippen molar-refractivity contribution in [3.8, 4) is 0 Å². The molecule has 0 aromatic rings. The molecule has 2 bridgehead atoms. The number of aliphatic carboxylic acids is 2. The van der Waals surface area contributed by atoms with Crippen molar-refractivity contribution >= 4 is 34.3 Å². The fraction of sp³-hybridized carbons (Fsp3) is 0.800. The molecular weight excluding hydrogens is 474 g/mol. The number of urea groups is 1. The van der Waals surface area contributed by atoms with E-state index in [-0.39, 0.29) is 25.8 Å². The van der Waals surface area contributed by atoms with Gasteiger partial charge in [-0.25, -0.2) is 8.98 Å². The molecule has 194 valence electrons. The lowest BCUT2D eigenvalue weighted by molar-refractivity contribution is -0.152. The Morgan fingerprint density at radius 1 is 1.03 bits per heavy atom. The summed E-state index contributed by atoms with van der Waals surface area (Å²) in [6, 6.07) is -2.31. The van der Waals surface area contributed by atoms with Crippen molar-refractivity contribution in [2.45, 2.75) is 72.4 Å². The van der Waals surface area contributed by atoms with E-state index in [0.717, 1.165) is 4.90 Å². The number of fused-ring (bicyclic) bond motifs is 2. The van der Waals surface area contributed by atoms with Gasteiger partial charge in [0, 0.05) is 6.54 Å². The molecule has 2 aliphatic rings. The molecule has 2 heterocycles. The van der Waals surface area contributed by atoms with Crippen LogP contribution in [0.2, 0.25) is 0 Å². The Morgan fingerprint density at radius 2 is 1.53 bits per heavy atom.